The molecule has 0 spiro atoms. The van der Waals surface area contributed by atoms with Crippen molar-refractivity contribution in [2.24, 2.45) is 5.73 Å². The van der Waals surface area contributed by atoms with Crippen molar-refractivity contribution in [3.05, 3.63) is 71.3 Å². The molecule has 1 aliphatic heterocycles. The molecular weight excluding hydrogens is 640 g/mol. The van der Waals surface area contributed by atoms with Crippen LogP contribution in [0.15, 0.2) is 48.5 Å². The molecule has 244 valence electrons. The Morgan fingerprint density at radius 1 is 0.773 bits per heavy atom. The van der Waals surface area contributed by atoms with Crippen molar-refractivity contribution in [2.75, 3.05) is 40.5 Å². The van der Waals surface area contributed by atoms with E-state index in [0.29, 0.717) is 36.9 Å². The summed E-state index contributed by atoms with van der Waals surface area (Å²) in [7, 11) is -3.03. The van der Waals surface area contributed by atoms with E-state index in [1.54, 1.807) is 14.2 Å². The number of nitrogens with one attached hydrogen (secondary N) is 1. The van der Waals surface area contributed by atoms with Crippen LogP contribution >= 0.6 is 0 Å². The third kappa shape index (κ3) is 22.1. The average molecular weight is 670 g/mol. The second-order valence-corrected chi connectivity index (χ2v) is 8.23. The number of rotatable bonds is 8. The van der Waals surface area contributed by atoms with Crippen LogP contribution in [-0.2, 0) is 45.1 Å². The van der Waals surface area contributed by atoms with Gasteiger partial charge in [-0.3, -0.25) is 14.4 Å². The van der Waals surface area contributed by atoms with Crippen LogP contribution in [0.5, 0.6) is 0 Å². The number of carbonyl (C=O) groups excluding carboxylic acids is 4. The van der Waals surface area contributed by atoms with Gasteiger partial charge in [0.05, 0.1) is 18.8 Å². The molecule has 0 aliphatic carbocycles. The summed E-state index contributed by atoms with van der Waals surface area (Å²) < 4.78 is 85.1. The molecule has 3 N–H and O–H groups in total. The maximum atomic E-state index is 12.6. The number of ether oxygens (including phenoxy) is 2. The topological polar surface area (TPSA) is 240 Å². The number of hydrogen-bond donors (Lipinski definition) is 2. The number of benzene rings is 2. The largest absolute Gasteiger partial charge is 0.425 e. The highest BCUT2D eigenvalue weighted by molar-refractivity contribution is 7.59. The van der Waals surface area contributed by atoms with Crippen LogP contribution < -0.4 is 11.1 Å². The minimum Gasteiger partial charge on any atom is -0.383 e. The zero-order chi connectivity index (χ0) is 34.1. The lowest BCUT2D eigenvalue weighted by molar-refractivity contribution is -0.172. The Bertz CT molecular complexity index is 1350. The number of halogens is 2. The number of nitrogens with two attached hydrogens (primary N) is 1. The van der Waals surface area contributed by atoms with Gasteiger partial charge in [0, 0.05) is 45.7 Å². The molecule has 1 aliphatic rings. The predicted octanol–water partition coefficient (Wildman–Crippen LogP) is -0.168. The van der Waals surface area contributed by atoms with Gasteiger partial charge in [0.15, 0.2) is 0 Å². The molecule has 0 atom stereocenters. The number of imide groups is 1. The molecule has 2 aromatic carbocycles. The molecule has 1 saturated heterocycles. The lowest BCUT2D eigenvalue weighted by Gasteiger charge is -2.12. The molecule has 0 saturated carbocycles. The van der Waals surface area contributed by atoms with Crippen molar-refractivity contribution in [3.8, 4) is 0 Å². The van der Waals surface area contributed by atoms with Gasteiger partial charge in [0.25, 0.3) is 17.7 Å². The Labute approximate surface area is 253 Å². The van der Waals surface area contributed by atoms with Crippen molar-refractivity contribution in [3.63, 3.8) is 0 Å². The van der Waals surface area contributed by atoms with Crippen molar-refractivity contribution >= 4 is 44.9 Å². The highest BCUT2D eigenvalue weighted by Gasteiger charge is 2.33. The zero-order valence-corrected chi connectivity index (χ0v) is 24.9. The van der Waals surface area contributed by atoms with E-state index in [1.807, 2.05) is 0 Å². The van der Waals surface area contributed by atoms with Crippen LogP contribution in [0.4, 0.5) is 8.78 Å². The van der Waals surface area contributed by atoms with E-state index in [1.165, 1.54) is 36.4 Å². The molecule has 44 heavy (non-hydrogen) atoms. The first-order valence-electron chi connectivity index (χ1n) is 11.8. The van der Waals surface area contributed by atoms with E-state index in [4.69, 9.17) is 35.7 Å². The Kier molecular flexibility index (Phi) is 23.7. The first-order chi connectivity index (χ1) is 20.7. The van der Waals surface area contributed by atoms with Gasteiger partial charge in [-0.1, -0.05) is 0 Å². The summed E-state index contributed by atoms with van der Waals surface area (Å²) in [5.41, 5.74) is 5.53. The predicted molar refractivity (Wildman–Crippen MR) is 144 cm³/mol. The highest BCUT2D eigenvalue weighted by Crippen LogP contribution is 2.14. The first kappa shape index (κ1) is 41.6. The number of hydroxylamine groups is 2. The van der Waals surface area contributed by atoms with Gasteiger partial charge in [-0.2, -0.15) is 0 Å². The molecule has 3 rings (SSSR count). The van der Waals surface area contributed by atoms with Crippen LogP contribution in [-0.4, -0.2) is 94.5 Å². The van der Waals surface area contributed by atoms with E-state index in [-0.39, 0.29) is 30.1 Å². The number of amides is 3. The van der Waals surface area contributed by atoms with Gasteiger partial charge in [-0.15, -0.1) is 30.3 Å². The van der Waals surface area contributed by atoms with Gasteiger partial charge in [0.2, 0.25) is 0 Å². The van der Waals surface area contributed by atoms with Crippen LogP contribution in [0.3, 0.4) is 0 Å². The number of methoxy groups -OCH3 is 2. The molecule has 0 radical (unpaired) electrons. The van der Waals surface area contributed by atoms with Crippen molar-refractivity contribution in [1.82, 2.24) is 10.4 Å². The van der Waals surface area contributed by atoms with Gasteiger partial charge < -0.3 is 25.4 Å². The molecule has 0 bridgehead atoms. The van der Waals surface area contributed by atoms with Gasteiger partial charge >= 0.3 is 27.2 Å². The van der Waals surface area contributed by atoms with Crippen molar-refractivity contribution < 1.29 is 67.5 Å². The van der Waals surface area contributed by atoms with Crippen LogP contribution in [0, 0.1) is 11.6 Å². The molecule has 3 amide bonds. The van der Waals surface area contributed by atoms with E-state index in [0.717, 1.165) is 12.1 Å². The molecule has 2 aromatic rings. The maximum Gasteiger partial charge on any atom is 0.425 e. The summed E-state index contributed by atoms with van der Waals surface area (Å²) in [5.74, 6) is -3.03. The van der Waals surface area contributed by atoms with Crippen LogP contribution in [0.1, 0.15) is 33.6 Å². The monoisotopic (exact) mass is 669 g/mol. The Hall–Kier alpha value is -4.50. The fourth-order valence-corrected chi connectivity index (χ4v) is 2.47. The Morgan fingerprint density at radius 3 is 1.50 bits per heavy atom. The van der Waals surface area contributed by atoms with Gasteiger partial charge in [0.1, 0.15) is 11.6 Å². The second-order valence-electron chi connectivity index (χ2n) is 7.41. The summed E-state index contributed by atoms with van der Waals surface area (Å²) >= 11 is 0. The Balaban J connectivity index is 0. The van der Waals surface area contributed by atoms with E-state index in [2.05, 4.69) is 14.9 Å². The smallest absolute Gasteiger partial charge is 0.383 e. The first-order valence-corrected chi connectivity index (χ1v) is 13.8. The minimum atomic E-state index is -3.11. The van der Waals surface area contributed by atoms with Crippen LogP contribution in [0.2, 0.25) is 0 Å². The van der Waals surface area contributed by atoms with Crippen molar-refractivity contribution in [2.45, 2.75) is 12.8 Å². The van der Waals surface area contributed by atoms with Gasteiger partial charge in [-0.05, 0) is 48.5 Å². The standard InChI is InChI=1S/C11H8FNO4.C10H12FNO2.C3H9NO.2O3S/c12-8-3-1-7(2-4-8)11(16)17-13-9(14)5-6-10(13)15;1-14-7-6-12-10(13)8-2-4-9(11)5-3-8;1-5-3-2-4;2*1-4(2)3/h1-4H,5-6H2;2-5H,6-7H2,1H3,(H,12,13);2-4H2,1H3;;. The lowest BCUT2D eigenvalue weighted by Crippen LogP contribution is -2.32. The number of nitrogens with zero attached hydrogens (tertiary/aromatic N) is 1. The molecule has 0 aromatic heterocycles. The lowest BCUT2D eigenvalue weighted by atomic mass is 10.2. The van der Waals surface area contributed by atoms with E-state index >= 15 is 0 Å². The third-order valence-corrected chi connectivity index (χ3v) is 4.28. The summed E-state index contributed by atoms with van der Waals surface area (Å²) in [6.07, 6.45) is 0.0745. The van der Waals surface area contributed by atoms with E-state index in [9.17, 15) is 28.0 Å². The average Bonchev–Trinajstić information content (AvgIpc) is 3.26. The molecule has 1 fully saturated rings. The van der Waals surface area contributed by atoms with Gasteiger partial charge in [-0.25, -0.2) is 13.6 Å². The van der Waals surface area contributed by atoms with Crippen molar-refractivity contribution in [1.29, 1.82) is 0 Å². The summed E-state index contributed by atoms with van der Waals surface area (Å²) in [4.78, 5) is 49.8. The summed E-state index contributed by atoms with van der Waals surface area (Å²) in [5, 5.41) is 3.08. The van der Waals surface area contributed by atoms with Crippen LogP contribution in [0.25, 0.3) is 0 Å². The fourth-order valence-electron chi connectivity index (χ4n) is 2.47. The number of carbonyl (C=O) groups is 4. The zero-order valence-electron chi connectivity index (χ0n) is 23.3. The SMILES string of the molecule is COCCN.COCCNC(=O)c1ccc(F)cc1.O=C(ON1C(=O)CCC1=O)c1ccc(F)cc1.O=S(=O)=O.O=S(=O)=O. The molecule has 1 heterocycles. The number of hydrogen-bond acceptors (Lipinski definition) is 14. The highest BCUT2D eigenvalue weighted by atomic mass is 32.2. The second kappa shape index (κ2) is 25.0. The third-order valence-electron chi connectivity index (χ3n) is 4.28. The summed E-state index contributed by atoms with van der Waals surface area (Å²) in [6.45, 7) is 2.20. The molecule has 20 heteroatoms. The summed E-state index contributed by atoms with van der Waals surface area (Å²) in [6, 6.07) is 9.99. The molecule has 16 nitrogen and oxygen atoms in total. The quantitative estimate of drug-likeness (QED) is 0.274. The maximum absolute atomic E-state index is 12.6. The fraction of sp³-hybridized carbons (Fsp3) is 0.333. The normalized spacial score (nSPS) is 11.1. The Morgan fingerprint density at radius 2 is 1.16 bits per heavy atom. The minimum absolute atomic E-state index is 0.0372. The molecule has 0 unspecified atom stereocenters. The van der Waals surface area contributed by atoms with E-state index < -0.39 is 44.8 Å². The molecular formula is C24H29F2N3O13S2.